The lowest BCUT2D eigenvalue weighted by Crippen LogP contribution is -2.40. The summed E-state index contributed by atoms with van der Waals surface area (Å²) < 4.78 is 0. The molecule has 2 saturated carbocycles. The van der Waals surface area contributed by atoms with Crippen molar-refractivity contribution in [3.63, 3.8) is 0 Å². The summed E-state index contributed by atoms with van der Waals surface area (Å²) in [5.74, 6) is 2.20. The summed E-state index contributed by atoms with van der Waals surface area (Å²) in [5.41, 5.74) is 5.78. The van der Waals surface area contributed by atoms with Gasteiger partial charge in [0.1, 0.15) is 0 Å². The summed E-state index contributed by atoms with van der Waals surface area (Å²) in [6.07, 6.45) is 7.98. The minimum absolute atomic E-state index is 0. The largest absolute Gasteiger partial charge is 0.345 e. The second kappa shape index (κ2) is 7.13. The first-order valence-corrected chi connectivity index (χ1v) is 7.89. The molecular weight excluding hydrogens is 272 g/mol. The summed E-state index contributed by atoms with van der Waals surface area (Å²) in [7, 11) is 1.94. The van der Waals surface area contributed by atoms with E-state index in [0.29, 0.717) is 24.3 Å². The van der Waals surface area contributed by atoms with Gasteiger partial charge in [-0.25, -0.2) is 0 Å². The fourth-order valence-electron chi connectivity index (χ4n) is 3.65. The van der Waals surface area contributed by atoms with Crippen LogP contribution in [0.5, 0.6) is 0 Å². The molecule has 3 nitrogen and oxygen atoms in total. The minimum atomic E-state index is 0. The van der Waals surface area contributed by atoms with Gasteiger partial charge in [0.2, 0.25) is 5.91 Å². The van der Waals surface area contributed by atoms with Crippen LogP contribution < -0.4 is 5.73 Å². The van der Waals surface area contributed by atoms with Gasteiger partial charge in [-0.3, -0.25) is 4.79 Å². The van der Waals surface area contributed by atoms with Gasteiger partial charge in [-0.15, -0.1) is 12.4 Å². The predicted molar refractivity (Wildman–Crippen MR) is 85.9 cm³/mol. The van der Waals surface area contributed by atoms with E-state index in [1.54, 1.807) is 0 Å². The monoisotopic (exact) mass is 302 g/mol. The molecule has 2 N–H and O–H groups in total. The minimum Gasteiger partial charge on any atom is -0.345 e. The van der Waals surface area contributed by atoms with E-state index < -0.39 is 0 Å². The van der Waals surface area contributed by atoms with Crippen LogP contribution in [0.15, 0.2) is 0 Å². The van der Waals surface area contributed by atoms with Crippen LogP contribution in [0, 0.1) is 23.2 Å². The van der Waals surface area contributed by atoms with Crippen molar-refractivity contribution in [3.05, 3.63) is 0 Å². The van der Waals surface area contributed by atoms with Crippen molar-refractivity contribution in [2.45, 2.75) is 52.4 Å². The lowest BCUT2D eigenvalue weighted by atomic mass is 9.85. The topological polar surface area (TPSA) is 46.3 Å². The quantitative estimate of drug-likeness (QED) is 0.848. The molecule has 2 atom stereocenters. The van der Waals surface area contributed by atoms with Gasteiger partial charge in [0.25, 0.3) is 0 Å². The molecule has 0 aromatic carbocycles. The first kappa shape index (κ1) is 17.8. The summed E-state index contributed by atoms with van der Waals surface area (Å²) >= 11 is 0. The molecule has 1 amide bonds. The van der Waals surface area contributed by atoms with Crippen molar-refractivity contribution < 1.29 is 4.79 Å². The fraction of sp³-hybridized carbons (Fsp3) is 0.938. The Balaban J connectivity index is 0.00000200. The number of amides is 1. The van der Waals surface area contributed by atoms with Crippen LogP contribution in [-0.4, -0.2) is 30.9 Å². The summed E-state index contributed by atoms with van der Waals surface area (Å²) in [6, 6.07) is 0. The van der Waals surface area contributed by atoms with Gasteiger partial charge in [0, 0.05) is 19.5 Å². The molecule has 2 aliphatic carbocycles. The molecule has 0 bridgehead atoms. The standard InChI is InChI=1S/C16H30N2O.ClH/c1-16(2,10-17)11-18(3)15(19)14-9-13(14)12-7-5-4-6-8-12;/h12-14H,4-11,17H2,1-3H3;1H. The Labute approximate surface area is 130 Å². The molecule has 0 spiro atoms. The Bertz CT molecular complexity index is 326. The Kier molecular flexibility index (Phi) is 6.33. The zero-order valence-corrected chi connectivity index (χ0v) is 14.0. The Morgan fingerprint density at radius 2 is 1.85 bits per heavy atom. The van der Waals surface area contributed by atoms with E-state index in [4.69, 9.17) is 5.73 Å². The van der Waals surface area contributed by atoms with Crippen LogP contribution in [-0.2, 0) is 4.79 Å². The van der Waals surface area contributed by atoms with Gasteiger partial charge in [-0.1, -0.05) is 46.0 Å². The first-order chi connectivity index (χ1) is 8.94. The molecule has 4 heteroatoms. The van der Waals surface area contributed by atoms with E-state index in [-0.39, 0.29) is 17.8 Å². The lowest BCUT2D eigenvalue weighted by molar-refractivity contribution is -0.133. The van der Waals surface area contributed by atoms with E-state index in [1.807, 2.05) is 11.9 Å². The van der Waals surface area contributed by atoms with Crippen LogP contribution in [0.25, 0.3) is 0 Å². The van der Waals surface area contributed by atoms with E-state index in [2.05, 4.69) is 13.8 Å². The molecule has 0 aliphatic heterocycles. The summed E-state index contributed by atoms with van der Waals surface area (Å²) in [4.78, 5) is 14.4. The highest BCUT2D eigenvalue weighted by Crippen LogP contribution is 2.50. The third-order valence-corrected chi connectivity index (χ3v) is 5.01. The predicted octanol–water partition coefficient (Wildman–Crippen LogP) is 3.07. The number of carbonyl (C=O) groups is 1. The molecule has 0 aromatic rings. The molecule has 0 radical (unpaired) electrons. The Morgan fingerprint density at radius 1 is 1.25 bits per heavy atom. The number of halogens is 1. The SMILES string of the molecule is CN(CC(C)(C)CN)C(=O)C1CC1C1CCCCC1.Cl. The van der Waals surface area contributed by atoms with Crippen molar-refractivity contribution in [1.29, 1.82) is 0 Å². The highest BCUT2D eigenvalue weighted by Gasteiger charge is 2.48. The Hall–Kier alpha value is -0.280. The lowest BCUT2D eigenvalue weighted by Gasteiger charge is -2.29. The maximum absolute atomic E-state index is 12.4. The fourth-order valence-corrected chi connectivity index (χ4v) is 3.65. The summed E-state index contributed by atoms with van der Waals surface area (Å²) in [5, 5.41) is 0. The van der Waals surface area contributed by atoms with Crippen molar-refractivity contribution in [1.82, 2.24) is 4.90 Å². The molecule has 2 fully saturated rings. The molecule has 2 aliphatic rings. The summed E-state index contributed by atoms with van der Waals surface area (Å²) in [6.45, 7) is 5.65. The van der Waals surface area contributed by atoms with Crippen molar-refractivity contribution in [2.24, 2.45) is 28.9 Å². The highest BCUT2D eigenvalue weighted by atomic mass is 35.5. The van der Waals surface area contributed by atoms with Crippen molar-refractivity contribution in [3.8, 4) is 0 Å². The average Bonchev–Trinajstić information content (AvgIpc) is 3.18. The van der Waals surface area contributed by atoms with Crippen LogP contribution in [0.1, 0.15) is 52.4 Å². The second-order valence-electron chi connectivity index (χ2n) is 7.47. The van der Waals surface area contributed by atoms with Crippen LogP contribution >= 0.6 is 12.4 Å². The molecule has 0 saturated heterocycles. The van der Waals surface area contributed by atoms with Gasteiger partial charge in [-0.05, 0) is 30.2 Å². The van der Waals surface area contributed by atoms with Gasteiger partial charge < -0.3 is 10.6 Å². The average molecular weight is 303 g/mol. The molecule has 20 heavy (non-hydrogen) atoms. The molecule has 0 aromatic heterocycles. The number of carbonyl (C=O) groups excluding carboxylic acids is 1. The second-order valence-corrected chi connectivity index (χ2v) is 7.47. The third kappa shape index (κ3) is 4.36. The van der Waals surface area contributed by atoms with E-state index in [1.165, 1.54) is 32.1 Å². The molecular formula is C16H31ClN2O. The van der Waals surface area contributed by atoms with Crippen molar-refractivity contribution >= 4 is 18.3 Å². The molecule has 118 valence electrons. The smallest absolute Gasteiger partial charge is 0.225 e. The van der Waals surface area contributed by atoms with Gasteiger partial charge in [0.05, 0.1) is 0 Å². The number of nitrogens with zero attached hydrogens (tertiary/aromatic N) is 1. The van der Waals surface area contributed by atoms with Crippen LogP contribution in [0.4, 0.5) is 0 Å². The molecule has 0 heterocycles. The number of hydrogen-bond donors (Lipinski definition) is 1. The number of hydrogen-bond acceptors (Lipinski definition) is 2. The molecule has 2 rings (SSSR count). The van der Waals surface area contributed by atoms with Crippen LogP contribution in [0.2, 0.25) is 0 Å². The van der Waals surface area contributed by atoms with Gasteiger partial charge in [0.15, 0.2) is 0 Å². The van der Waals surface area contributed by atoms with E-state index in [0.717, 1.165) is 18.9 Å². The normalized spacial score (nSPS) is 26.8. The zero-order chi connectivity index (χ0) is 14.0. The first-order valence-electron chi connectivity index (χ1n) is 7.89. The van der Waals surface area contributed by atoms with E-state index in [9.17, 15) is 4.79 Å². The maximum atomic E-state index is 12.4. The highest BCUT2D eigenvalue weighted by molar-refractivity contribution is 5.85. The molecule has 2 unspecified atom stereocenters. The number of rotatable bonds is 5. The van der Waals surface area contributed by atoms with Gasteiger partial charge >= 0.3 is 0 Å². The maximum Gasteiger partial charge on any atom is 0.225 e. The number of nitrogens with two attached hydrogens (primary N) is 1. The van der Waals surface area contributed by atoms with Crippen molar-refractivity contribution in [2.75, 3.05) is 20.1 Å². The van der Waals surface area contributed by atoms with Gasteiger partial charge in [-0.2, -0.15) is 0 Å². The Morgan fingerprint density at radius 3 is 2.40 bits per heavy atom. The van der Waals surface area contributed by atoms with E-state index >= 15 is 0 Å². The third-order valence-electron chi connectivity index (χ3n) is 5.01. The zero-order valence-electron chi connectivity index (χ0n) is 13.2. The van der Waals surface area contributed by atoms with Crippen LogP contribution in [0.3, 0.4) is 0 Å².